The van der Waals surface area contributed by atoms with E-state index in [0.717, 1.165) is 32.4 Å². The molecule has 1 saturated heterocycles. The molecule has 1 amide bonds. The molecule has 0 aliphatic carbocycles. The maximum atomic E-state index is 12.5. The van der Waals surface area contributed by atoms with Gasteiger partial charge in [-0.2, -0.15) is 0 Å². The van der Waals surface area contributed by atoms with Gasteiger partial charge in [0.2, 0.25) is 5.91 Å². The highest BCUT2D eigenvalue weighted by molar-refractivity contribution is 5.78. The molecule has 1 aromatic rings. The topological polar surface area (TPSA) is 101 Å². The molecule has 0 bridgehead atoms. The average Bonchev–Trinajstić information content (AvgIpc) is 2.68. The van der Waals surface area contributed by atoms with Crippen LogP contribution in [0.4, 0.5) is 0 Å². The summed E-state index contributed by atoms with van der Waals surface area (Å²) >= 11 is 0. The second-order valence-electron chi connectivity index (χ2n) is 6.80. The van der Waals surface area contributed by atoms with E-state index < -0.39 is 6.10 Å². The van der Waals surface area contributed by atoms with Gasteiger partial charge in [0.05, 0.1) is 19.3 Å². The van der Waals surface area contributed by atoms with E-state index in [-0.39, 0.29) is 24.9 Å². The average molecular weight is 364 g/mol. The Hall–Kier alpha value is -1.96. The first-order chi connectivity index (χ1) is 12.6. The quantitative estimate of drug-likeness (QED) is 0.666. The number of aliphatic hydroxyl groups is 2. The second kappa shape index (κ2) is 10.3. The molecule has 2 heterocycles. The number of hydrogen-bond acceptors (Lipinski definition) is 5. The predicted octanol–water partition coefficient (Wildman–Crippen LogP) is 0.337. The number of aliphatic hydroxyl groups excluding tert-OH is 2. The Bertz CT molecular complexity index is 587. The zero-order valence-corrected chi connectivity index (χ0v) is 15.0. The monoisotopic (exact) mass is 364 g/mol. The van der Waals surface area contributed by atoms with Crippen LogP contribution in [0.2, 0.25) is 0 Å². The van der Waals surface area contributed by atoms with Gasteiger partial charge in [-0.25, -0.2) is 0 Å². The minimum absolute atomic E-state index is 0.117. The van der Waals surface area contributed by atoms with Crippen molar-refractivity contribution in [3.63, 3.8) is 0 Å². The van der Waals surface area contributed by atoms with Crippen molar-refractivity contribution in [1.82, 2.24) is 9.80 Å². The van der Waals surface area contributed by atoms with Gasteiger partial charge >= 0.3 is 0 Å². The van der Waals surface area contributed by atoms with Crippen molar-refractivity contribution in [3.05, 3.63) is 35.4 Å². The summed E-state index contributed by atoms with van der Waals surface area (Å²) < 4.78 is 0. The van der Waals surface area contributed by atoms with Crippen LogP contribution in [0.1, 0.15) is 24.0 Å². The number of fused-ring (bicyclic) bond motifs is 1. The van der Waals surface area contributed by atoms with E-state index in [2.05, 4.69) is 29.2 Å². The SMILES string of the molecule is O=C(CN1CCc2ccccc2C1)N1CCC(C(O)CO)CC1.O=CO. The molecule has 7 nitrogen and oxygen atoms in total. The molecular formula is C19H28N2O5. The van der Waals surface area contributed by atoms with Crippen LogP contribution in [-0.2, 0) is 22.6 Å². The molecule has 3 rings (SSSR count). The Morgan fingerprint density at radius 1 is 1.19 bits per heavy atom. The number of hydrogen-bond donors (Lipinski definition) is 3. The fraction of sp³-hybridized carbons (Fsp3) is 0.579. The maximum Gasteiger partial charge on any atom is 0.290 e. The summed E-state index contributed by atoms with van der Waals surface area (Å²) in [5.74, 6) is 0.298. The summed E-state index contributed by atoms with van der Waals surface area (Å²) in [6, 6.07) is 8.45. The van der Waals surface area contributed by atoms with E-state index >= 15 is 0 Å². The molecule has 2 aliphatic heterocycles. The molecule has 1 aromatic carbocycles. The van der Waals surface area contributed by atoms with Gasteiger partial charge < -0.3 is 20.2 Å². The highest BCUT2D eigenvalue weighted by atomic mass is 16.3. The molecule has 26 heavy (non-hydrogen) atoms. The zero-order valence-electron chi connectivity index (χ0n) is 15.0. The molecule has 7 heteroatoms. The Kier molecular flexibility index (Phi) is 8.03. The lowest BCUT2D eigenvalue weighted by Gasteiger charge is -2.35. The molecule has 1 fully saturated rings. The number of benzene rings is 1. The first-order valence-electron chi connectivity index (χ1n) is 9.02. The predicted molar refractivity (Wildman–Crippen MR) is 96.5 cm³/mol. The lowest BCUT2D eigenvalue weighted by molar-refractivity contribution is -0.134. The van der Waals surface area contributed by atoms with Crippen LogP contribution in [0, 0.1) is 5.92 Å². The Morgan fingerprint density at radius 3 is 2.42 bits per heavy atom. The number of carbonyl (C=O) groups excluding carboxylic acids is 1. The normalized spacial score (nSPS) is 19.1. The highest BCUT2D eigenvalue weighted by Crippen LogP contribution is 2.22. The molecule has 0 aromatic heterocycles. The summed E-state index contributed by atoms with van der Waals surface area (Å²) in [6.07, 6.45) is 1.91. The fourth-order valence-electron chi connectivity index (χ4n) is 3.66. The minimum Gasteiger partial charge on any atom is -0.483 e. The van der Waals surface area contributed by atoms with Gasteiger partial charge in [0.25, 0.3) is 6.47 Å². The van der Waals surface area contributed by atoms with Crippen LogP contribution in [-0.4, -0.2) is 76.4 Å². The third kappa shape index (κ3) is 5.52. The smallest absolute Gasteiger partial charge is 0.290 e. The van der Waals surface area contributed by atoms with Crippen LogP contribution in [0.3, 0.4) is 0 Å². The number of nitrogens with zero attached hydrogens (tertiary/aromatic N) is 2. The first kappa shape index (κ1) is 20.4. The summed E-state index contributed by atoms with van der Waals surface area (Å²) in [7, 11) is 0. The summed E-state index contributed by atoms with van der Waals surface area (Å²) in [4.78, 5) is 25.0. The molecule has 0 radical (unpaired) electrons. The number of carbonyl (C=O) groups is 2. The van der Waals surface area contributed by atoms with E-state index in [1.807, 2.05) is 4.90 Å². The minimum atomic E-state index is -0.647. The van der Waals surface area contributed by atoms with Gasteiger partial charge in [0, 0.05) is 26.2 Å². The van der Waals surface area contributed by atoms with Gasteiger partial charge in [-0.05, 0) is 36.3 Å². The summed E-state index contributed by atoms with van der Waals surface area (Å²) in [5, 5.41) is 25.6. The molecule has 1 atom stereocenters. The molecule has 0 saturated carbocycles. The van der Waals surface area contributed by atoms with Crippen LogP contribution >= 0.6 is 0 Å². The standard InChI is InChI=1S/C18H26N2O3.CH2O2/c21-13-17(22)15-6-9-20(10-7-15)18(23)12-19-8-5-14-3-1-2-4-16(14)11-19;2-1-3/h1-4,15,17,21-22H,5-13H2;1H,(H,2,3). The fourth-order valence-corrected chi connectivity index (χ4v) is 3.66. The van der Waals surface area contributed by atoms with Crippen molar-refractivity contribution >= 4 is 12.4 Å². The maximum absolute atomic E-state index is 12.5. The van der Waals surface area contributed by atoms with E-state index in [4.69, 9.17) is 15.0 Å². The Labute approximate surface area is 153 Å². The van der Waals surface area contributed by atoms with E-state index in [0.29, 0.717) is 19.6 Å². The van der Waals surface area contributed by atoms with Crippen molar-refractivity contribution in [2.45, 2.75) is 31.9 Å². The lowest BCUT2D eigenvalue weighted by atomic mass is 9.91. The molecule has 3 N–H and O–H groups in total. The van der Waals surface area contributed by atoms with Gasteiger partial charge in [0.1, 0.15) is 0 Å². The molecule has 2 aliphatic rings. The summed E-state index contributed by atoms with van der Waals surface area (Å²) in [6.45, 7) is 3.19. The number of amides is 1. The second-order valence-corrected chi connectivity index (χ2v) is 6.80. The van der Waals surface area contributed by atoms with E-state index in [9.17, 15) is 9.90 Å². The van der Waals surface area contributed by atoms with Crippen molar-refractivity contribution in [2.75, 3.05) is 32.8 Å². The van der Waals surface area contributed by atoms with Crippen molar-refractivity contribution in [2.24, 2.45) is 5.92 Å². The third-order valence-corrected chi connectivity index (χ3v) is 5.19. The number of piperidine rings is 1. The first-order valence-corrected chi connectivity index (χ1v) is 9.02. The lowest BCUT2D eigenvalue weighted by Crippen LogP contribution is -2.46. The van der Waals surface area contributed by atoms with Gasteiger partial charge in [-0.15, -0.1) is 0 Å². The van der Waals surface area contributed by atoms with E-state index in [1.54, 1.807) is 0 Å². The van der Waals surface area contributed by atoms with Crippen LogP contribution in [0.5, 0.6) is 0 Å². The molecular weight excluding hydrogens is 336 g/mol. The number of carboxylic acid groups (broad SMARTS) is 1. The van der Waals surface area contributed by atoms with Crippen molar-refractivity contribution < 1.29 is 24.9 Å². The van der Waals surface area contributed by atoms with Crippen LogP contribution in [0.25, 0.3) is 0 Å². The van der Waals surface area contributed by atoms with Crippen molar-refractivity contribution in [3.8, 4) is 0 Å². The summed E-state index contributed by atoms with van der Waals surface area (Å²) in [5.41, 5.74) is 2.73. The highest BCUT2D eigenvalue weighted by Gasteiger charge is 2.28. The Balaban J connectivity index is 0.000000758. The van der Waals surface area contributed by atoms with E-state index in [1.165, 1.54) is 11.1 Å². The molecule has 144 valence electrons. The molecule has 0 spiro atoms. The van der Waals surface area contributed by atoms with Gasteiger partial charge in [-0.3, -0.25) is 14.5 Å². The largest absolute Gasteiger partial charge is 0.483 e. The van der Waals surface area contributed by atoms with Crippen molar-refractivity contribution in [1.29, 1.82) is 0 Å². The van der Waals surface area contributed by atoms with Crippen LogP contribution in [0.15, 0.2) is 24.3 Å². The van der Waals surface area contributed by atoms with Gasteiger partial charge in [-0.1, -0.05) is 24.3 Å². The molecule has 1 unspecified atom stereocenters. The number of rotatable bonds is 4. The third-order valence-electron chi connectivity index (χ3n) is 5.19. The number of likely N-dealkylation sites (tertiary alicyclic amines) is 1. The Morgan fingerprint density at radius 2 is 1.81 bits per heavy atom. The zero-order chi connectivity index (χ0) is 18.9. The van der Waals surface area contributed by atoms with Gasteiger partial charge in [0.15, 0.2) is 0 Å². The van der Waals surface area contributed by atoms with Crippen LogP contribution < -0.4 is 0 Å².